The molecule has 2 aromatic rings. The van der Waals surface area contributed by atoms with Crippen molar-refractivity contribution in [3.05, 3.63) is 44.1 Å². The molecule has 0 aliphatic carbocycles. The monoisotopic (exact) mass is 877 g/mol. The standard InChI is InChI=1S/C20H19I4NO6/c1-20(2,3)31-19(29)25-15(18(27)28)6-9-4-13(23)17(14(24)5-9)30-10-7-11(21)16(26)12(22)8-10/h4-5,7-8,15,26H,6H2,1-3H3,(H,25,29)(H,27,28)/t15-/m1/s1. The molecule has 31 heavy (non-hydrogen) atoms. The Labute approximate surface area is 234 Å². The van der Waals surface area contributed by atoms with Gasteiger partial charge in [0.1, 0.15) is 23.1 Å². The van der Waals surface area contributed by atoms with Crippen LogP contribution in [0.5, 0.6) is 17.2 Å². The Morgan fingerprint density at radius 1 is 1.00 bits per heavy atom. The Kier molecular flexibility index (Phi) is 9.75. The normalized spacial score (nSPS) is 12.2. The van der Waals surface area contributed by atoms with Gasteiger partial charge < -0.3 is 25.0 Å². The minimum atomic E-state index is -1.15. The molecular weight excluding hydrogens is 858 g/mol. The van der Waals surface area contributed by atoms with Crippen LogP contribution in [0.3, 0.4) is 0 Å². The summed E-state index contributed by atoms with van der Waals surface area (Å²) in [6.45, 7) is 5.13. The molecule has 0 radical (unpaired) electrons. The van der Waals surface area contributed by atoms with Gasteiger partial charge in [0.25, 0.3) is 0 Å². The van der Waals surface area contributed by atoms with Crippen molar-refractivity contribution in [1.29, 1.82) is 0 Å². The number of benzene rings is 2. The second-order valence-electron chi connectivity index (χ2n) is 7.47. The number of halogens is 4. The number of nitrogens with one attached hydrogen (secondary N) is 1. The third-order valence-corrected chi connectivity index (χ3v) is 6.94. The van der Waals surface area contributed by atoms with Crippen LogP contribution in [0.2, 0.25) is 0 Å². The van der Waals surface area contributed by atoms with E-state index in [2.05, 4.69) is 50.5 Å². The van der Waals surface area contributed by atoms with Gasteiger partial charge in [-0.2, -0.15) is 0 Å². The minimum Gasteiger partial charge on any atom is -0.506 e. The number of aromatic hydroxyl groups is 1. The van der Waals surface area contributed by atoms with Gasteiger partial charge in [-0.15, -0.1) is 0 Å². The summed E-state index contributed by atoms with van der Waals surface area (Å²) in [5.74, 6) is 0.286. The van der Waals surface area contributed by atoms with Crippen molar-refractivity contribution in [2.75, 3.05) is 0 Å². The zero-order valence-electron chi connectivity index (χ0n) is 16.6. The topological polar surface area (TPSA) is 105 Å². The Bertz CT molecular complexity index is 960. The molecule has 0 heterocycles. The molecule has 0 unspecified atom stereocenters. The van der Waals surface area contributed by atoms with Gasteiger partial charge in [0, 0.05) is 6.42 Å². The van der Waals surface area contributed by atoms with Gasteiger partial charge in [-0.25, -0.2) is 9.59 Å². The zero-order chi connectivity index (χ0) is 23.5. The van der Waals surface area contributed by atoms with Gasteiger partial charge in [-0.1, -0.05) is 0 Å². The number of carbonyl (C=O) groups excluding carboxylic acids is 1. The first-order valence-electron chi connectivity index (χ1n) is 8.83. The van der Waals surface area contributed by atoms with E-state index >= 15 is 0 Å². The Morgan fingerprint density at radius 3 is 1.97 bits per heavy atom. The molecule has 0 saturated carbocycles. The van der Waals surface area contributed by atoms with Crippen LogP contribution in [-0.4, -0.2) is 33.9 Å². The molecule has 2 aromatic carbocycles. The Morgan fingerprint density at radius 2 is 1.52 bits per heavy atom. The SMILES string of the molecule is CC(C)(C)OC(=O)N[C@H](Cc1cc(I)c(Oc2cc(I)c(O)c(I)c2)c(I)c1)C(=O)O. The predicted molar refractivity (Wildman–Crippen MR) is 150 cm³/mol. The third kappa shape index (κ3) is 8.21. The number of hydrogen-bond acceptors (Lipinski definition) is 5. The smallest absolute Gasteiger partial charge is 0.408 e. The van der Waals surface area contributed by atoms with Crippen molar-refractivity contribution in [2.24, 2.45) is 0 Å². The average Bonchev–Trinajstić information content (AvgIpc) is 2.60. The molecule has 3 N–H and O–H groups in total. The average molecular weight is 877 g/mol. The molecule has 1 amide bonds. The van der Waals surface area contributed by atoms with Crippen LogP contribution >= 0.6 is 90.4 Å². The number of alkyl carbamates (subject to hydrolysis) is 1. The molecule has 0 fully saturated rings. The molecule has 0 aliphatic heterocycles. The summed E-state index contributed by atoms with van der Waals surface area (Å²) in [4.78, 5) is 23.6. The number of phenols is 1. The molecule has 0 bridgehead atoms. The van der Waals surface area contributed by atoms with E-state index in [9.17, 15) is 19.8 Å². The molecule has 0 aromatic heterocycles. The van der Waals surface area contributed by atoms with Crippen LogP contribution in [0.4, 0.5) is 4.79 Å². The fraction of sp³-hybridized carbons (Fsp3) is 0.300. The highest BCUT2D eigenvalue weighted by molar-refractivity contribution is 14.1. The number of aliphatic carboxylic acids is 1. The summed E-state index contributed by atoms with van der Waals surface area (Å²) in [7, 11) is 0. The van der Waals surface area contributed by atoms with E-state index in [1.165, 1.54) is 0 Å². The molecule has 2 rings (SSSR count). The zero-order valence-corrected chi connectivity index (χ0v) is 25.3. The maximum Gasteiger partial charge on any atom is 0.408 e. The molecule has 168 valence electrons. The molecule has 1 atom stereocenters. The predicted octanol–water partition coefficient (Wildman–Crippen LogP) is 6.12. The third-order valence-electron chi connectivity index (χ3n) is 3.70. The first-order chi connectivity index (χ1) is 14.3. The first-order valence-corrected chi connectivity index (χ1v) is 13.1. The fourth-order valence-corrected chi connectivity index (χ4v) is 6.26. The number of amides is 1. The first kappa shape index (κ1) is 26.9. The van der Waals surface area contributed by atoms with E-state index < -0.39 is 23.7 Å². The largest absolute Gasteiger partial charge is 0.506 e. The molecule has 0 saturated heterocycles. The van der Waals surface area contributed by atoms with Crippen molar-refractivity contribution in [1.82, 2.24) is 5.32 Å². The van der Waals surface area contributed by atoms with Crippen LogP contribution < -0.4 is 10.1 Å². The maximum atomic E-state index is 12.0. The summed E-state index contributed by atoms with van der Waals surface area (Å²) in [5.41, 5.74) is 0.0141. The van der Waals surface area contributed by atoms with Crippen LogP contribution in [0.1, 0.15) is 26.3 Å². The molecular formula is C20H19I4NO6. The van der Waals surface area contributed by atoms with E-state index in [0.29, 0.717) is 18.6 Å². The van der Waals surface area contributed by atoms with Crippen LogP contribution in [0, 0.1) is 14.3 Å². The van der Waals surface area contributed by atoms with Crippen LogP contribution in [0.25, 0.3) is 0 Å². The van der Waals surface area contributed by atoms with Gasteiger partial charge in [0.05, 0.1) is 14.3 Å². The lowest BCUT2D eigenvalue weighted by atomic mass is 10.1. The van der Waals surface area contributed by atoms with Crippen molar-refractivity contribution in [2.45, 2.75) is 38.8 Å². The summed E-state index contributed by atoms with van der Waals surface area (Å²) in [6, 6.07) is 5.99. The minimum absolute atomic E-state index is 0.0931. The van der Waals surface area contributed by atoms with E-state index in [-0.39, 0.29) is 12.2 Å². The highest BCUT2D eigenvalue weighted by atomic mass is 127. The van der Waals surface area contributed by atoms with E-state index in [4.69, 9.17) is 9.47 Å². The highest BCUT2D eigenvalue weighted by Gasteiger charge is 2.25. The summed E-state index contributed by atoms with van der Waals surface area (Å²) < 4.78 is 14.1. The quantitative estimate of drug-likeness (QED) is 0.303. The lowest BCUT2D eigenvalue weighted by Gasteiger charge is -2.22. The van der Waals surface area contributed by atoms with Gasteiger partial charge >= 0.3 is 12.1 Å². The maximum absolute atomic E-state index is 12.0. The number of hydrogen-bond donors (Lipinski definition) is 3. The van der Waals surface area contributed by atoms with Crippen molar-refractivity contribution >= 4 is 102 Å². The van der Waals surface area contributed by atoms with E-state index in [1.807, 2.05) is 57.3 Å². The summed E-state index contributed by atoms with van der Waals surface area (Å²) >= 11 is 8.33. The van der Waals surface area contributed by atoms with Crippen molar-refractivity contribution < 1.29 is 29.3 Å². The Hall–Kier alpha value is -0.300. The second-order valence-corrected chi connectivity index (χ2v) is 12.1. The Balaban J connectivity index is 2.22. The molecule has 7 nitrogen and oxygen atoms in total. The second kappa shape index (κ2) is 11.2. The molecule has 0 aliphatic rings. The molecule has 11 heteroatoms. The fourth-order valence-electron chi connectivity index (χ4n) is 2.43. The summed E-state index contributed by atoms with van der Waals surface area (Å²) in [6.07, 6.45) is -0.684. The van der Waals surface area contributed by atoms with Gasteiger partial charge in [-0.05, 0) is 141 Å². The number of carbonyl (C=O) groups is 2. The number of rotatable bonds is 6. The van der Waals surface area contributed by atoms with Crippen LogP contribution in [-0.2, 0) is 16.0 Å². The summed E-state index contributed by atoms with van der Waals surface area (Å²) in [5, 5.41) is 21.9. The lowest BCUT2D eigenvalue weighted by Crippen LogP contribution is -2.44. The van der Waals surface area contributed by atoms with Gasteiger partial charge in [0.15, 0.2) is 5.75 Å². The van der Waals surface area contributed by atoms with Crippen LogP contribution in [0.15, 0.2) is 24.3 Å². The van der Waals surface area contributed by atoms with Crippen molar-refractivity contribution in [3.8, 4) is 17.2 Å². The highest BCUT2D eigenvalue weighted by Crippen LogP contribution is 2.37. The number of phenolic OH excluding ortho intramolecular Hbond substituents is 1. The lowest BCUT2D eigenvalue weighted by molar-refractivity contribution is -0.139. The number of carboxylic acid groups (broad SMARTS) is 1. The number of carboxylic acids is 1. The van der Waals surface area contributed by atoms with E-state index in [1.54, 1.807) is 32.9 Å². The van der Waals surface area contributed by atoms with Gasteiger partial charge in [0.2, 0.25) is 0 Å². The van der Waals surface area contributed by atoms with E-state index in [0.717, 1.165) is 12.7 Å². The number of ether oxygens (including phenoxy) is 2. The molecule has 0 spiro atoms. The van der Waals surface area contributed by atoms with Gasteiger partial charge in [-0.3, -0.25) is 0 Å². The van der Waals surface area contributed by atoms with Crippen molar-refractivity contribution in [3.63, 3.8) is 0 Å².